The molecule has 0 radical (unpaired) electrons. The van der Waals surface area contributed by atoms with Crippen LogP contribution in [0, 0.1) is 5.92 Å². The summed E-state index contributed by atoms with van der Waals surface area (Å²) in [6.07, 6.45) is 3.69. The Morgan fingerprint density at radius 3 is 2.44 bits per heavy atom. The molecule has 2 saturated heterocycles. The summed E-state index contributed by atoms with van der Waals surface area (Å²) in [5.41, 5.74) is 0. The lowest BCUT2D eigenvalue weighted by atomic mass is 9.93. The molecule has 2 aliphatic heterocycles. The van der Waals surface area contributed by atoms with Crippen LogP contribution in [-0.2, 0) is 9.59 Å². The van der Waals surface area contributed by atoms with E-state index in [1.165, 1.54) is 0 Å². The van der Waals surface area contributed by atoms with Gasteiger partial charge in [-0.15, -0.1) is 12.4 Å². The summed E-state index contributed by atoms with van der Waals surface area (Å²) in [4.78, 5) is 28.9. The second-order valence-electron chi connectivity index (χ2n) is 7.17. The summed E-state index contributed by atoms with van der Waals surface area (Å²) >= 11 is 0. The third kappa shape index (κ3) is 5.84. The Kier molecular flexibility index (Phi) is 8.38. The molecule has 2 heterocycles. The van der Waals surface area contributed by atoms with Crippen molar-refractivity contribution in [2.75, 3.05) is 39.8 Å². The van der Waals surface area contributed by atoms with E-state index >= 15 is 0 Å². The Morgan fingerprint density at radius 1 is 1.07 bits per heavy atom. The highest BCUT2D eigenvalue weighted by molar-refractivity contribution is 5.85. The Balaban J connectivity index is 0.00000261. The van der Waals surface area contributed by atoms with Crippen LogP contribution in [0.25, 0.3) is 0 Å². The van der Waals surface area contributed by atoms with Crippen LogP contribution in [-0.4, -0.2) is 67.5 Å². The topological polar surface area (TPSA) is 61.9 Å². The van der Waals surface area contributed by atoms with Crippen molar-refractivity contribution in [1.82, 2.24) is 15.1 Å². The molecular weight excluding hydrogens is 366 g/mol. The molecule has 150 valence electrons. The van der Waals surface area contributed by atoms with Gasteiger partial charge in [-0.25, -0.2) is 0 Å². The molecule has 6 nitrogen and oxygen atoms in total. The van der Waals surface area contributed by atoms with Crippen molar-refractivity contribution in [3.05, 3.63) is 30.3 Å². The number of amides is 2. The van der Waals surface area contributed by atoms with Crippen molar-refractivity contribution >= 4 is 24.2 Å². The molecule has 0 aliphatic carbocycles. The molecule has 3 rings (SSSR count). The summed E-state index contributed by atoms with van der Waals surface area (Å²) in [6.45, 7) is 2.99. The lowest BCUT2D eigenvalue weighted by Gasteiger charge is -2.37. The number of carbonyl (C=O) groups is 2. The Morgan fingerprint density at radius 2 is 1.78 bits per heavy atom. The number of likely N-dealkylation sites (tertiary alicyclic amines) is 2. The molecule has 0 spiro atoms. The van der Waals surface area contributed by atoms with Gasteiger partial charge in [0.05, 0.1) is 0 Å². The zero-order valence-electron chi connectivity index (χ0n) is 15.9. The highest BCUT2D eigenvalue weighted by Crippen LogP contribution is 2.22. The zero-order chi connectivity index (χ0) is 18.4. The molecule has 1 unspecified atom stereocenters. The zero-order valence-corrected chi connectivity index (χ0v) is 16.7. The predicted molar refractivity (Wildman–Crippen MR) is 107 cm³/mol. The van der Waals surface area contributed by atoms with E-state index in [0.717, 1.165) is 38.8 Å². The van der Waals surface area contributed by atoms with Crippen LogP contribution in [0.3, 0.4) is 0 Å². The highest BCUT2D eigenvalue weighted by Gasteiger charge is 2.32. The number of para-hydroxylation sites is 1. The molecule has 0 bridgehead atoms. The van der Waals surface area contributed by atoms with E-state index in [-0.39, 0.29) is 36.7 Å². The smallest absolute Gasteiger partial charge is 0.260 e. The lowest BCUT2D eigenvalue weighted by Crippen LogP contribution is -2.51. The van der Waals surface area contributed by atoms with Gasteiger partial charge in [-0.05, 0) is 44.9 Å². The van der Waals surface area contributed by atoms with Gasteiger partial charge in [0.15, 0.2) is 6.61 Å². The predicted octanol–water partition coefficient (Wildman–Crippen LogP) is 1.94. The minimum atomic E-state index is -0.00651. The van der Waals surface area contributed by atoms with Gasteiger partial charge in [0, 0.05) is 38.1 Å². The van der Waals surface area contributed by atoms with Crippen LogP contribution < -0.4 is 10.1 Å². The van der Waals surface area contributed by atoms with E-state index in [1.54, 1.807) is 0 Å². The van der Waals surface area contributed by atoms with E-state index in [0.29, 0.717) is 24.9 Å². The molecule has 1 N–H and O–H groups in total. The maximum absolute atomic E-state index is 12.8. The van der Waals surface area contributed by atoms with Gasteiger partial charge in [0.2, 0.25) is 5.91 Å². The molecule has 2 fully saturated rings. The number of nitrogens with zero attached hydrogens (tertiary/aromatic N) is 2. The summed E-state index contributed by atoms with van der Waals surface area (Å²) < 4.78 is 5.54. The molecule has 1 aromatic carbocycles. The summed E-state index contributed by atoms with van der Waals surface area (Å²) in [7, 11) is 1.96. The van der Waals surface area contributed by atoms with Gasteiger partial charge < -0.3 is 19.9 Å². The van der Waals surface area contributed by atoms with Crippen molar-refractivity contribution in [2.24, 2.45) is 5.92 Å². The number of rotatable bonds is 5. The van der Waals surface area contributed by atoms with Crippen LogP contribution in [0.5, 0.6) is 5.75 Å². The number of hydrogen-bond donors (Lipinski definition) is 1. The van der Waals surface area contributed by atoms with Crippen molar-refractivity contribution in [3.63, 3.8) is 0 Å². The Hall–Kier alpha value is -1.79. The molecule has 2 aliphatic rings. The van der Waals surface area contributed by atoms with Crippen LogP contribution >= 0.6 is 12.4 Å². The number of piperidine rings is 2. The van der Waals surface area contributed by atoms with Crippen molar-refractivity contribution in [3.8, 4) is 5.75 Å². The van der Waals surface area contributed by atoms with Crippen molar-refractivity contribution < 1.29 is 14.3 Å². The van der Waals surface area contributed by atoms with Crippen LogP contribution in [0.4, 0.5) is 0 Å². The minimum absolute atomic E-state index is 0. The number of hydrogen-bond acceptors (Lipinski definition) is 4. The second kappa shape index (κ2) is 10.5. The fraction of sp³-hybridized carbons (Fsp3) is 0.600. The average Bonchev–Trinajstić information content (AvgIpc) is 2.72. The Labute approximate surface area is 167 Å². The molecule has 0 saturated carbocycles. The minimum Gasteiger partial charge on any atom is -0.484 e. The number of likely N-dealkylation sites (N-methyl/N-ethyl adjacent to an activating group) is 1. The first-order valence-electron chi connectivity index (χ1n) is 9.59. The first-order chi connectivity index (χ1) is 12.7. The highest BCUT2D eigenvalue weighted by atomic mass is 35.5. The SMILES string of the molecule is CNC1CCCN(C(=O)C2CCN(C(=O)COc3ccccc3)CC2)C1.Cl. The van der Waals surface area contributed by atoms with Crippen LogP contribution in [0.2, 0.25) is 0 Å². The normalized spacial score (nSPS) is 20.7. The third-order valence-corrected chi connectivity index (χ3v) is 5.44. The first kappa shape index (κ1) is 21.5. The molecule has 1 atom stereocenters. The quantitative estimate of drug-likeness (QED) is 0.827. The van der Waals surface area contributed by atoms with E-state index in [2.05, 4.69) is 5.32 Å². The van der Waals surface area contributed by atoms with E-state index in [1.807, 2.05) is 47.2 Å². The second-order valence-corrected chi connectivity index (χ2v) is 7.17. The van der Waals surface area contributed by atoms with Gasteiger partial charge >= 0.3 is 0 Å². The van der Waals surface area contributed by atoms with E-state index < -0.39 is 0 Å². The van der Waals surface area contributed by atoms with Crippen LogP contribution in [0.15, 0.2) is 30.3 Å². The molecule has 27 heavy (non-hydrogen) atoms. The monoisotopic (exact) mass is 395 g/mol. The lowest BCUT2D eigenvalue weighted by molar-refractivity contribution is -0.142. The van der Waals surface area contributed by atoms with Gasteiger partial charge in [-0.3, -0.25) is 9.59 Å². The molecule has 7 heteroatoms. The molecule has 1 aromatic rings. The average molecular weight is 396 g/mol. The fourth-order valence-corrected chi connectivity index (χ4v) is 3.80. The molecular formula is C20H30ClN3O3. The number of halogens is 1. The van der Waals surface area contributed by atoms with E-state index in [9.17, 15) is 9.59 Å². The van der Waals surface area contributed by atoms with Crippen molar-refractivity contribution in [1.29, 1.82) is 0 Å². The summed E-state index contributed by atoms with van der Waals surface area (Å²) in [5.74, 6) is 1.00. The Bertz CT molecular complexity index is 606. The molecule has 2 amide bonds. The first-order valence-corrected chi connectivity index (χ1v) is 9.59. The number of nitrogens with one attached hydrogen (secondary N) is 1. The van der Waals surface area contributed by atoms with Gasteiger partial charge in [0.25, 0.3) is 5.91 Å². The number of ether oxygens (including phenoxy) is 1. The van der Waals surface area contributed by atoms with E-state index in [4.69, 9.17) is 4.74 Å². The largest absolute Gasteiger partial charge is 0.484 e. The molecule has 0 aromatic heterocycles. The third-order valence-electron chi connectivity index (χ3n) is 5.44. The van der Waals surface area contributed by atoms with Gasteiger partial charge in [-0.2, -0.15) is 0 Å². The number of benzene rings is 1. The van der Waals surface area contributed by atoms with Gasteiger partial charge in [0.1, 0.15) is 5.75 Å². The maximum Gasteiger partial charge on any atom is 0.260 e. The maximum atomic E-state index is 12.8. The summed E-state index contributed by atoms with van der Waals surface area (Å²) in [6, 6.07) is 9.78. The van der Waals surface area contributed by atoms with Gasteiger partial charge in [-0.1, -0.05) is 18.2 Å². The summed E-state index contributed by atoms with van der Waals surface area (Å²) in [5, 5.41) is 3.28. The van der Waals surface area contributed by atoms with Crippen molar-refractivity contribution in [2.45, 2.75) is 31.7 Å². The van der Waals surface area contributed by atoms with Crippen LogP contribution in [0.1, 0.15) is 25.7 Å². The fourth-order valence-electron chi connectivity index (χ4n) is 3.80. The number of carbonyl (C=O) groups excluding carboxylic acids is 2. The standard InChI is InChI=1S/C20H29N3O3.ClH/c1-21-17-6-5-11-23(14-17)20(25)16-9-12-22(13-10-16)19(24)15-26-18-7-3-2-4-8-18;/h2-4,7-8,16-17,21H,5-6,9-15H2,1H3;1H.